The van der Waals surface area contributed by atoms with Gasteiger partial charge in [-0.05, 0) is 12.8 Å². The third-order valence-corrected chi connectivity index (χ3v) is 2.27. The first kappa shape index (κ1) is 7.73. The van der Waals surface area contributed by atoms with E-state index < -0.39 is 0 Å². The Morgan fingerprint density at radius 1 is 1.33 bits per heavy atom. The molecule has 0 bridgehead atoms. The van der Waals surface area contributed by atoms with E-state index in [-0.39, 0.29) is 6.61 Å². The van der Waals surface area contributed by atoms with Crippen molar-refractivity contribution in [3.8, 4) is 0 Å². The minimum Gasteiger partial charge on any atom is -0.396 e. The molecule has 2 rings (SSSR count). The summed E-state index contributed by atoms with van der Waals surface area (Å²) in [7, 11) is 0. The number of aryl methyl sites for hydroxylation is 1. The smallest absolute Gasteiger partial charge is 0.135 e. The molecule has 0 saturated heterocycles. The molecule has 66 valence electrons. The molecule has 0 aromatic carbocycles. The van der Waals surface area contributed by atoms with Crippen molar-refractivity contribution in [2.24, 2.45) is 0 Å². The lowest BCUT2D eigenvalue weighted by Crippen LogP contribution is -2.13. The van der Waals surface area contributed by atoms with Gasteiger partial charge in [0.25, 0.3) is 0 Å². The van der Waals surface area contributed by atoms with Crippen LogP contribution in [0, 0.1) is 0 Å². The highest BCUT2D eigenvalue weighted by molar-refractivity contribution is 4.98. The molecule has 0 unspecified atom stereocenters. The molecule has 2 heterocycles. The van der Waals surface area contributed by atoms with Gasteiger partial charge in [-0.1, -0.05) is 0 Å². The quantitative estimate of drug-likeness (QED) is 0.682. The summed E-state index contributed by atoms with van der Waals surface area (Å²) in [6, 6.07) is 0. The summed E-state index contributed by atoms with van der Waals surface area (Å²) in [6.45, 7) is 1.19. The lowest BCUT2D eigenvalue weighted by molar-refractivity contribution is 0.293. The van der Waals surface area contributed by atoms with Crippen molar-refractivity contribution in [1.82, 2.24) is 14.8 Å². The van der Waals surface area contributed by atoms with Crippen LogP contribution in [0.4, 0.5) is 0 Å². The van der Waals surface area contributed by atoms with Crippen LogP contribution in [0.5, 0.6) is 0 Å². The van der Waals surface area contributed by atoms with E-state index in [4.69, 9.17) is 5.11 Å². The van der Waals surface area contributed by atoms with Gasteiger partial charge in [0.1, 0.15) is 11.6 Å². The Labute approximate surface area is 71.2 Å². The zero-order valence-corrected chi connectivity index (χ0v) is 7.03. The normalized spacial score (nSPS) is 16.1. The predicted molar refractivity (Wildman–Crippen MR) is 43.7 cm³/mol. The van der Waals surface area contributed by atoms with Crippen LogP contribution in [0.3, 0.4) is 0 Å². The van der Waals surface area contributed by atoms with Gasteiger partial charge >= 0.3 is 0 Å². The van der Waals surface area contributed by atoms with Crippen molar-refractivity contribution < 1.29 is 5.11 Å². The van der Waals surface area contributed by atoms with Gasteiger partial charge in [0.05, 0.1) is 6.61 Å². The SMILES string of the molecule is OCCc1nnc2n1CCCC2. The van der Waals surface area contributed by atoms with Gasteiger partial charge < -0.3 is 9.67 Å². The molecule has 0 radical (unpaired) electrons. The maximum atomic E-state index is 8.76. The van der Waals surface area contributed by atoms with E-state index in [1.165, 1.54) is 12.8 Å². The number of hydrogen-bond acceptors (Lipinski definition) is 3. The van der Waals surface area contributed by atoms with Gasteiger partial charge in [-0.2, -0.15) is 0 Å². The summed E-state index contributed by atoms with van der Waals surface area (Å²) < 4.78 is 2.14. The second-order valence-corrected chi connectivity index (χ2v) is 3.11. The predicted octanol–water partition coefficient (Wildman–Crippen LogP) is 0.149. The van der Waals surface area contributed by atoms with Crippen LogP contribution in [0.15, 0.2) is 0 Å². The molecule has 1 aromatic heterocycles. The molecule has 0 fully saturated rings. The molecular weight excluding hydrogens is 154 g/mol. The fourth-order valence-electron chi connectivity index (χ4n) is 1.65. The van der Waals surface area contributed by atoms with Crippen LogP contribution >= 0.6 is 0 Å². The molecule has 4 nitrogen and oxygen atoms in total. The Hall–Kier alpha value is -0.900. The number of aliphatic hydroxyl groups excluding tert-OH is 1. The Morgan fingerprint density at radius 3 is 3.08 bits per heavy atom. The van der Waals surface area contributed by atoms with Crippen LogP contribution in [0.1, 0.15) is 24.5 Å². The molecule has 0 aliphatic carbocycles. The highest BCUT2D eigenvalue weighted by Crippen LogP contribution is 2.13. The number of nitrogens with zero attached hydrogens (tertiary/aromatic N) is 3. The summed E-state index contributed by atoms with van der Waals surface area (Å²) in [5.41, 5.74) is 0. The zero-order valence-electron chi connectivity index (χ0n) is 7.03. The van der Waals surface area contributed by atoms with Crippen molar-refractivity contribution in [2.45, 2.75) is 32.2 Å². The number of aromatic nitrogens is 3. The van der Waals surface area contributed by atoms with Crippen LogP contribution < -0.4 is 0 Å². The summed E-state index contributed by atoms with van der Waals surface area (Å²) in [4.78, 5) is 0. The molecule has 4 heteroatoms. The first-order chi connectivity index (χ1) is 5.92. The van der Waals surface area contributed by atoms with E-state index in [2.05, 4.69) is 14.8 Å². The maximum Gasteiger partial charge on any atom is 0.135 e. The van der Waals surface area contributed by atoms with Crippen molar-refractivity contribution in [1.29, 1.82) is 0 Å². The average molecular weight is 167 g/mol. The summed E-state index contributed by atoms with van der Waals surface area (Å²) in [5, 5.41) is 16.9. The molecule has 0 spiro atoms. The van der Waals surface area contributed by atoms with Crippen LogP contribution in [0.2, 0.25) is 0 Å². The zero-order chi connectivity index (χ0) is 8.39. The molecular formula is C8H13N3O. The minimum atomic E-state index is 0.165. The fraction of sp³-hybridized carbons (Fsp3) is 0.750. The van der Waals surface area contributed by atoms with Crippen molar-refractivity contribution in [3.63, 3.8) is 0 Å². The van der Waals surface area contributed by atoms with Gasteiger partial charge in [0.15, 0.2) is 0 Å². The van der Waals surface area contributed by atoms with Gasteiger partial charge in [0.2, 0.25) is 0 Å². The van der Waals surface area contributed by atoms with Gasteiger partial charge in [-0.15, -0.1) is 10.2 Å². The summed E-state index contributed by atoms with van der Waals surface area (Å²) in [5.74, 6) is 2.02. The summed E-state index contributed by atoms with van der Waals surface area (Å²) in [6.07, 6.45) is 4.10. The second-order valence-electron chi connectivity index (χ2n) is 3.11. The van der Waals surface area contributed by atoms with E-state index in [0.717, 1.165) is 24.6 Å². The highest BCUT2D eigenvalue weighted by Gasteiger charge is 2.14. The largest absolute Gasteiger partial charge is 0.396 e. The van der Waals surface area contributed by atoms with Crippen molar-refractivity contribution in [2.75, 3.05) is 6.61 Å². The van der Waals surface area contributed by atoms with Crippen LogP contribution in [-0.2, 0) is 19.4 Å². The first-order valence-corrected chi connectivity index (χ1v) is 4.43. The maximum absolute atomic E-state index is 8.76. The van der Waals surface area contributed by atoms with E-state index in [9.17, 15) is 0 Å². The Kier molecular flexibility index (Phi) is 2.08. The molecule has 0 saturated carbocycles. The van der Waals surface area contributed by atoms with E-state index in [1.807, 2.05) is 0 Å². The number of rotatable bonds is 2. The van der Waals surface area contributed by atoms with E-state index >= 15 is 0 Å². The van der Waals surface area contributed by atoms with Crippen LogP contribution in [-0.4, -0.2) is 26.5 Å². The Balaban J connectivity index is 2.25. The lowest BCUT2D eigenvalue weighted by atomic mass is 10.1. The molecule has 1 N–H and O–H groups in total. The second kappa shape index (κ2) is 3.23. The standard InChI is InChI=1S/C8H13N3O/c12-6-4-8-10-9-7-3-1-2-5-11(7)8/h12H,1-6H2. The fourth-order valence-corrected chi connectivity index (χ4v) is 1.65. The molecule has 12 heavy (non-hydrogen) atoms. The van der Waals surface area contributed by atoms with Crippen LogP contribution in [0.25, 0.3) is 0 Å². The molecule has 1 aromatic rings. The number of hydrogen-bond donors (Lipinski definition) is 1. The van der Waals surface area contributed by atoms with E-state index in [0.29, 0.717) is 6.42 Å². The van der Waals surface area contributed by atoms with Gasteiger partial charge in [-0.25, -0.2) is 0 Å². The van der Waals surface area contributed by atoms with E-state index in [1.54, 1.807) is 0 Å². The van der Waals surface area contributed by atoms with Crippen molar-refractivity contribution in [3.05, 3.63) is 11.6 Å². The highest BCUT2D eigenvalue weighted by atomic mass is 16.3. The topological polar surface area (TPSA) is 50.9 Å². The third-order valence-electron chi connectivity index (χ3n) is 2.27. The Morgan fingerprint density at radius 2 is 2.25 bits per heavy atom. The molecule has 1 aliphatic heterocycles. The third kappa shape index (κ3) is 1.22. The Bertz CT molecular complexity index is 269. The average Bonchev–Trinajstić information content (AvgIpc) is 2.50. The number of aliphatic hydroxyl groups is 1. The minimum absolute atomic E-state index is 0.165. The number of fused-ring (bicyclic) bond motifs is 1. The molecule has 0 amide bonds. The lowest BCUT2D eigenvalue weighted by Gasteiger charge is -2.13. The molecule has 0 atom stereocenters. The van der Waals surface area contributed by atoms with Gasteiger partial charge in [-0.3, -0.25) is 0 Å². The van der Waals surface area contributed by atoms with Crippen molar-refractivity contribution >= 4 is 0 Å². The first-order valence-electron chi connectivity index (χ1n) is 4.43. The monoisotopic (exact) mass is 167 g/mol. The van der Waals surface area contributed by atoms with Gasteiger partial charge in [0, 0.05) is 19.4 Å². The molecule has 1 aliphatic rings. The summed E-state index contributed by atoms with van der Waals surface area (Å²) >= 11 is 0.